The molecule has 88 valence electrons. The number of hydrogen-bond donors (Lipinski definition) is 0. The third kappa shape index (κ3) is 2.71. The quantitative estimate of drug-likeness (QED) is 0.592. The zero-order chi connectivity index (χ0) is 12.4. The molecule has 0 aliphatic carbocycles. The molecule has 0 saturated carbocycles. The average Bonchev–Trinajstić information content (AvgIpc) is 2.32. The number of benzene rings is 2. The van der Waals surface area contributed by atoms with Crippen LogP contribution in [0, 0.1) is 0 Å². The first-order valence-corrected chi connectivity index (χ1v) is 6.59. The molecule has 17 heavy (non-hydrogen) atoms. The summed E-state index contributed by atoms with van der Waals surface area (Å²) < 4.78 is 0. The Morgan fingerprint density at radius 1 is 0.882 bits per heavy atom. The zero-order valence-electron chi connectivity index (χ0n) is 8.68. The van der Waals surface area contributed by atoms with Crippen LogP contribution in [0.15, 0.2) is 36.4 Å². The van der Waals surface area contributed by atoms with E-state index in [4.69, 9.17) is 46.4 Å². The van der Waals surface area contributed by atoms with E-state index in [-0.39, 0.29) is 0 Å². The minimum atomic E-state index is 0.391. The maximum Gasteiger partial charge on any atom is 0.0670 e. The fraction of sp³-hybridized carbons (Fsp3) is 0.0769. The van der Waals surface area contributed by atoms with Gasteiger partial charge in [0.05, 0.1) is 10.0 Å². The van der Waals surface area contributed by atoms with E-state index in [0.717, 1.165) is 16.7 Å². The molecule has 0 saturated heterocycles. The predicted molar refractivity (Wildman–Crippen MR) is 76.5 cm³/mol. The van der Waals surface area contributed by atoms with Gasteiger partial charge in [-0.1, -0.05) is 59.1 Å². The molecule has 0 spiro atoms. The van der Waals surface area contributed by atoms with E-state index in [1.807, 2.05) is 30.3 Å². The van der Waals surface area contributed by atoms with Gasteiger partial charge in [-0.3, -0.25) is 0 Å². The Balaban J connectivity index is 2.54. The Labute approximate surface area is 120 Å². The van der Waals surface area contributed by atoms with Crippen molar-refractivity contribution < 1.29 is 0 Å². The molecule has 0 fully saturated rings. The van der Waals surface area contributed by atoms with E-state index >= 15 is 0 Å². The van der Waals surface area contributed by atoms with Crippen molar-refractivity contribution >= 4 is 46.4 Å². The fourth-order valence-corrected chi connectivity index (χ4v) is 2.51. The lowest BCUT2D eigenvalue weighted by atomic mass is 10.0. The average molecular weight is 306 g/mol. The van der Waals surface area contributed by atoms with Gasteiger partial charge in [0.2, 0.25) is 0 Å². The molecule has 2 aromatic rings. The van der Waals surface area contributed by atoms with Crippen molar-refractivity contribution in [2.45, 2.75) is 5.88 Å². The van der Waals surface area contributed by atoms with Crippen LogP contribution < -0.4 is 0 Å². The molecular weight excluding hydrogens is 298 g/mol. The minimum absolute atomic E-state index is 0.391. The third-order valence-electron chi connectivity index (χ3n) is 2.46. The largest absolute Gasteiger partial charge is 0.121 e. The van der Waals surface area contributed by atoms with Crippen LogP contribution in [-0.4, -0.2) is 0 Å². The highest BCUT2D eigenvalue weighted by Crippen LogP contribution is 2.35. The molecule has 2 aromatic carbocycles. The Bertz CT molecular complexity index is 549. The van der Waals surface area contributed by atoms with Gasteiger partial charge in [0.15, 0.2) is 0 Å². The van der Waals surface area contributed by atoms with Crippen molar-refractivity contribution in [1.82, 2.24) is 0 Å². The van der Waals surface area contributed by atoms with Crippen molar-refractivity contribution in [3.8, 4) is 11.1 Å². The summed E-state index contributed by atoms with van der Waals surface area (Å²) in [4.78, 5) is 0. The highest BCUT2D eigenvalue weighted by Gasteiger charge is 2.08. The maximum absolute atomic E-state index is 6.15. The lowest BCUT2D eigenvalue weighted by Gasteiger charge is -2.08. The first kappa shape index (κ1) is 13.0. The van der Waals surface area contributed by atoms with E-state index in [1.54, 1.807) is 6.07 Å². The highest BCUT2D eigenvalue weighted by atomic mass is 35.5. The Morgan fingerprint density at radius 3 is 2.29 bits per heavy atom. The van der Waals surface area contributed by atoms with Gasteiger partial charge >= 0.3 is 0 Å². The normalized spacial score (nSPS) is 10.6. The van der Waals surface area contributed by atoms with Crippen LogP contribution in [-0.2, 0) is 5.88 Å². The monoisotopic (exact) mass is 304 g/mol. The molecule has 0 aliphatic rings. The smallest absolute Gasteiger partial charge is 0.0670 e. The summed E-state index contributed by atoms with van der Waals surface area (Å²) in [5, 5.41) is 1.69. The van der Waals surface area contributed by atoms with Gasteiger partial charge in [0.1, 0.15) is 0 Å². The number of alkyl halides is 1. The maximum atomic E-state index is 6.15. The van der Waals surface area contributed by atoms with Crippen molar-refractivity contribution in [1.29, 1.82) is 0 Å². The summed E-state index contributed by atoms with van der Waals surface area (Å²) in [5.74, 6) is 0.391. The topological polar surface area (TPSA) is 0 Å². The van der Waals surface area contributed by atoms with E-state index < -0.39 is 0 Å². The molecule has 0 aliphatic heterocycles. The molecule has 0 heterocycles. The van der Waals surface area contributed by atoms with E-state index in [0.29, 0.717) is 20.9 Å². The second-order valence-corrected chi connectivity index (χ2v) is 5.00. The van der Waals surface area contributed by atoms with Crippen molar-refractivity contribution in [2.24, 2.45) is 0 Å². The number of rotatable bonds is 2. The van der Waals surface area contributed by atoms with Crippen LogP contribution >= 0.6 is 46.4 Å². The summed E-state index contributed by atoms with van der Waals surface area (Å²) in [6.07, 6.45) is 0. The van der Waals surface area contributed by atoms with Crippen LogP contribution in [0.4, 0.5) is 0 Å². The molecule has 2 rings (SSSR count). The molecule has 0 amide bonds. The van der Waals surface area contributed by atoms with Crippen LogP contribution in [0.1, 0.15) is 5.56 Å². The standard InChI is InChI=1S/C13H8Cl4/c14-7-9-5-4-8(6-12(9)16)10-2-1-3-11(15)13(10)17/h1-6H,7H2. The Kier molecular flexibility index (Phi) is 4.22. The van der Waals surface area contributed by atoms with E-state index in [9.17, 15) is 0 Å². The Morgan fingerprint density at radius 2 is 1.65 bits per heavy atom. The van der Waals surface area contributed by atoms with Crippen molar-refractivity contribution in [3.05, 3.63) is 57.0 Å². The summed E-state index contributed by atoms with van der Waals surface area (Å²) in [6.45, 7) is 0. The molecule has 0 N–H and O–H groups in total. The summed E-state index contributed by atoms with van der Waals surface area (Å²) in [5.41, 5.74) is 2.69. The van der Waals surface area contributed by atoms with Gasteiger partial charge < -0.3 is 0 Å². The van der Waals surface area contributed by atoms with Crippen molar-refractivity contribution in [2.75, 3.05) is 0 Å². The highest BCUT2D eigenvalue weighted by molar-refractivity contribution is 6.43. The SMILES string of the molecule is ClCc1ccc(-c2cccc(Cl)c2Cl)cc1Cl. The lowest BCUT2D eigenvalue weighted by Crippen LogP contribution is -1.84. The van der Waals surface area contributed by atoms with Gasteiger partial charge in [-0.05, 0) is 23.3 Å². The molecular formula is C13H8Cl4. The van der Waals surface area contributed by atoms with Gasteiger partial charge in [0.25, 0.3) is 0 Å². The molecule has 0 bridgehead atoms. The molecule has 0 nitrogen and oxygen atoms in total. The second kappa shape index (κ2) is 5.49. The van der Waals surface area contributed by atoms with Gasteiger partial charge in [0, 0.05) is 16.5 Å². The second-order valence-electron chi connectivity index (χ2n) is 3.54. The van der Waals surface area contributed by atoms with Crippen LogP contribution in [0.2, 0.25) is 15.1 Å². The first-order valence-electron chi connectivity index (χ1n) is 4.92. The van der Waals surface area contributed by atoms with E-state index in [2.05, 4.69) is 0 Å². The summed E-state index contributed by atoms with van der Waals surface area (Å²) in [7, 11) is 0. The molecule has 0 unspecified atom stereocenters. The van der Waals surface area contributed by atoms with Crippen molar-refractivity contribution in [3.63, 3.8) is 0 Å². The van der Waals surface area contributed by atoms with Gasteiger partial charge in [-0.25, -0.2) is 0 Å². The minimum Gasteiger partial charge on any atom is -0.121 e. The molecule has 0 radical (unpaired) electrons. The lowest BCUT2D eigenvalue weighted by molar-refractivity contribution is 1.40. The number of halogens is 4. The third-order valence-corrected chi connectivity index (χ3v) is 3.92. The number of hydrogen-bond acceptors (Lipinski definition) is 0. The summed E-state index contributed by atoms with van der Waals surface area (Å²) in [6, 6.07) is 11.2. The predicted octanol–water partition coefficient (Wildman–Crippen LogP) is 6.05. The van der Waals surface area contributed by atoms with Gasteiger partial charge in [-0.2, -0.15) is 0 Å². The molecule has 0 aromatic heterocycles. The molecule has 4 heteroatoms. The van der Waals surface area contributed by atoms with Crippen LogP contribution in [0.25, 0.3) is 11.1 Å². The zero-order valence-corrected chi connectivity index (χ0v) is 11.7. The van der Waals surface area contributed by atoms with Gasteiger partial charge in [-0.15, -0.1) is 11.6 Å². The Hall–Kier alpha value is -0.400. The fourth-order valence-electron chi connectivity index (χ4n) is 1.55. The van der Waals surface area contributed by atoms with Crippen LogP contribution in [0.3, 0.4) is 0 Å². The molecule has 0 atom stereocenters. The first-order chi connectivity index (χ1) is 8.13. The van der Waals surface area contributed by atoms with Crippen LogP contribution in [0.5, 0.6) is 0 Å². The summed E-state index contributed by atoms with van der Waals surface area (Å²) >= 11 is 24.0. The van der Waals surface area contributed by atoms with E-state index in [1.165, 1.54) is 0 Å².